The van der Waals surface area contributed by atoms with Crippen LogP contribution in [0.2, 0.25) is 5.02 Å². The minimum atomic E-state index is 0.0254. The predicted octanol–water partition coefficient (Wildman–Crippen LogP) is 3.48. The summed E-state index contributed by atoms with van der Waals surface area (Å²) in [5.74, 6) is 0.102. The maximum atomic E-state index is 12.1. The van der Waals surface area contributed by atoms with Crippen LogP contribution in [0.25, 0.3) is 0 Å². The first-order valence-electron chi connectivity index (χ1n) is 6.03. The fourth-order valence-corrected chi connectivity index (χ4v) is 3.03. The lowest BCUT2D eigenvalue weighted by Crippen LogP contribution is -2.46. The van der Waals surface area contributed by atoms with Gasteiger partial charge >= 0.3 is 0 Å². The average molecular weight is 252 g/mol. The van der Waals surface area contributed by atoms with Gasteiger partial charge in [-0.1, -0.05) is 31.9 Å². The van der Waals surface area contributed by atoms with Crippen LogP contribution in [0.5, 0.6) is 0 Å². The molecule has 1 aliphatic rings. The van der Waals surface area contributed by atoms with Gasteiger partial charge < -0.3 is 4.90 Å². The van der Waals surface area contributed by atoms with Gasteiger partial charge in [-0.05, 0) is 30.2 Å². The summed E-state index contributed by atoms with van der Waals surface area (Å²) in [6.45, 7) is 5.16. The second kappa shape index (κ2) is 4.34. The van der Waals surface area contributed by atoms with Crippen LogP contribution in [-0.2, 0) is 5.41 Å². The average Bonchev–Trinajstić information content (AvgIpc) is 2.26. The summed E-state index contributed by atoms with van der Waals surface area (Å²) in [6.07, 6.45) is 2.17. The van der Waals surface area contributed by atoms with E-state index in [1.54, 1.807) is 6.07 Å². The van der Waals surface area contributed by atoms with Crippen molar-refractivity contribution in [2.45, 2.75) is 32.1 Å². The molecule has 0 spiro atoms. The summed E-state index contributed by atoms with van der Waals surface area (Å²) in [5, 5.41) is 0.712. The summed E-state index contributed by atoms with van der Waals surface area (Å²) < 4.78 is 0. The standard InChI is InChI=1S/C14H18ClNO/c1-4-7-14(2)9-16(3)13(17)11-6-5-10(15)8-12(11)14/h5-6,8H,4,7,9H2,1-3H3. The lowest BCUT2D eigenvalue weighted by atomic mass is 9.73. The zero-order valence-electron chi connectivity index (χ0n) is 10.6. The highest BCUT2D eigenvalue weighted by Crippen LogP contribution is 2.37. The van der Waals surface area contributed by atoms with Gasteiger partial charge in [0.1, 0.15) is 0 Å². The monoisotopic (exact) mass is 251 g/mol. The van der Waals surface area contributed by atoms with E-state index in [2.05, 4.69) is 13.8 Å². The third kappa shape index (κ3) is 2.06. The van der Waals surface area contributed by atoms with Crippen molar-refractivity contribution in [3.8, 4) is 0 Å². The van der Waals surface area contributed by atoms with E-state index >= 15 is 0 Å². The molecule has 0 fully saturated rings. The van der Waals surface area contributed by atoms with Crippen LogP contribution in [0.4, 0.5) is 0 Å². The van der Waals surface area contributed by atoms with Crippen LogP contribution in [0.15, 0.2) is 18.2 Å². The normalized spacial score (nSPS) is 23.8. The van der Waals surface area contributed by atoms with Gasteiger partial charge in [0.25, 0.3) is 5.91 Å². The summed E-state index contributed by atoms with van der Waals surface area (Å²) in [4.78, 5) is 13.9. The molecule has 2 nitrogen and oxygen atoms in total. The molecular formula is C14H18ClNO. The van der Waals surface area contributed by atoms with Gasteiger partial charge in [0, 0.05) is 29.6 Å². The SMILES string of the molecule is CCCC1(C)CN(C)C(=O)c2ccc(Cl)cc21. The van der Waals surface area contributed by atoms with Gasteiger partial charge in [-0.25, -0.2) is 0 Å². The van der Waals surface area contributed by atoms with Crippen molar-refractivity contribution in [2.24, 2.45) is 0 Å². The second-order valence-corrected chi connectivity index (χ2v) is 5.60. The van der Waals surface area contributed by atoms with Crippen LogP contribution in [0.1, 0.15) is 42.6 Å². The maximum absolute atomic E-state index is 12.1. The smallest absolute Gasteiger partial charge is 0.253 e. The van der Waals surface area contributed by atoms with Crippen LogP contribution in [0, 0.1) is 0 Å². The highest BCUT2D eigenvalue weighted by Gasteiger charge is 2.37. The molecule has 1 amide bonds. The molecule has 1 aromatic carbocycles. The Morgan fingerprint density at radius 3 is 2.82 bits per heavy atom. The molecule has 0 bridgehead atoms. The largest absolute Gasteiger partial charge is 0.341 e. The Bertz CT molecular complexity index is 458. The van der Waals surface area contributed by atoms with E-state index in [1.165, 1.54) is 0 Å². The molecule has 1 heterocycles. The van der Waals surface area contributed by atoms with Gasteiger partial charge in [-0.3, -0.25) is 4.79 Å². The Morgan fingerprint density at radius 2 is 2.18 bits per heavy atom. The molecule has 3 heteroatoms. The summed E-state index contributed by atoms with van der Waals surface area (Å²) >= 11 is 6.06. The molecule has 1 unspecified atom stereocenters. The third-order valence-corrected chi connectivity index (χ3v) is 3.83. The number of rotatable bonds is 2. The molecule has 0 aromatic heterocycles. The first-order valence-corrected chi connectivity index (χ1v) is 6.41. The highest BCUT2D eigenvalue weighted by atomic mass is 35.5. The summed E-state index contributed by atoms with van der Waals surface area (Å²) in [6, 6.07) is 5.60. The summed E-state index contributed by atoms with van der Waals surface area (Å²) in [7, 11) is 1.87. The number of benzene rings is 1. The molecule has 0 saturated carbocycles. The lowest BCUT2D eigenvalue weighted by Gasteiger charge is -2.40. The number of carbonyl (C=O) groups is 1. The lowest BCUT2D eigenvalue weighted by molar-refractivity contribution is 0.0724. The number of hydrogen-bond donors (Lipinski definition) is 0. The minimum Gasteiger partial charge on any atom is -0.341 e. The van der Waals surface area contributed by atoms with E-state index in [9.17, 15) is 4.79 Å². The Morgan fingerprint density at radius 1 is 1.47 bits per heavy atom. The Labute approximate surface area is 108 Å². The summed E-state index contributed by atoms with van der Waals surface area (Å²) in [5.41, 5.74) is 1.94. The zero-order valence-corrected chi connectivity index (χ0v) is 11.3. The number of hydrogen-bond acceptors (Lipinski definition) is 1. The van der Waals surface area contributed by atoms with Crippen LogP contribution < -0.4 is 0 Å². The Kier molecular flexibility index (Phi) is 3.17. The number of halogens is 1. The second-order valence-electron chi connectivity index (χ2n) is 5.16. The Balaban J connectivity index is 2.57. The van der Waals surface area contributed by atoms with Crippen molar-refractivity contribution >= 4 is 17.5 Å². The fraction of sp³-hybridized carbons (Fsp3) is 0.500. The van der Waals surface area contributed by atoms with E-state index in [0.29, 0.717) is 5.02 Å². The molecule has 0 N–H and O–H groups in total. The van der Waals surface area contributed by atoms with E-state index in [-0.39, 0.29) is 11.3 Å². The van der Waals surface area contributed by atoms with Gasteiger partial charge in [-0.2, -0.15) is 0 Å². The predicted molar refractivity (Wildman–Crippen MR) is 70.7 cm³/mol. The quantitative estimate of drug-likeness (QED) is 0.788. The van der Waals surface area contributed by atoms with E-state index < -0.39 is 0 Å². The van der Waals surface area contributed by atoms with Crippen molar-refractivity contribution in [1.29, 1.82) is 0 Å². The number of amides is 1. The Hall–Kier alpha value is -1.02. The van der Waals surface area contributed by atoms with Crippen molar-refractivity contribution in [3.05, 3.63) is 34.3 Å². The molecule has 0 aliphatic carbocycles. The molecule has 0 radical (unpaired) electrons. The first-order chi connectivity index (χ1) is 7.98. The van der Waals surface area contributed by atoms with Crippen molar-refractivity contribution in [2.75, 3.05) is 13.6 Å². The van der Waals surface area contributed by atoms with E-state index in [4.69, 9.17) is 11.6 Å². The van der Waals surface area contributed by atoms with Crippen molar-refractivity contribution < 1.29 is 4.79 Å². The van der Waals surface area contributed by atoms with Gasteiger partial charge in [-0.15, -0.1) is 0 Å². The van der Waals surface area contributed by atoms with Gasteiger partial charge in [0.05, 0.1) is 0 Å². The van der Waals surface area contributed by atoms with Gasteiger partial charge in [0.15, 0.2) is 0 Å². The first kappa shape index (κ1) is 12.4. The van der Waals surface area contributed by atoms with Crippen molar-refractivity contribution in [1.82, 2.24) is 4.90 Å². The third-order valence-electron chi connectivity index (χ3n) is 3.60. The van der Waals surface area contributed by atoms with Crippen LogP contribution in [0.3, 0.4) is 0 Å². The zero-order chi connectivity index (χ0) is 12.6. The number of carbonyl (C=O) groups excluding carboxylic acids is 1. The van der Waals surface area contributed by atoms with Crippen LogP contribution in [-0.4, -0.2) is 24.4 Å². The highest BCUT2D eigenvalue weighted by molar-refractivity contribution is 6.30. The van der Waals surface area contributed by atoms with Crippen molar-refractivity contribution in [3.63, 3.8) is 0 Å². The molecule has 92 valence electrons. The molecular weight excluding hydrogens is 234 g/mol. The molecule has 1 atom stereocenters. The van der Waals surface area contributed by atoms with E-state index in [0.717, 1.165) is 30.5 Å². The molecule has 0 saturated heterocycles. The number of likely N-dealkylation sites (N-methyl/N-ethyl adjacent to an activating group) is 1. The molecule has 1 aliphatic heterocycles. The van der Waals surface area contributed by atoms with Crippen LogP contribution >= 0.6 is 11.6 Å². The number of nitrogens with zero attached hydrogens (tertiary/aromatic N) is 1. The minimum absolute atomic E-state index is 0.0254. The van der Waals surface area contributed by atoms with E-state index in [1.807, 2.05) is 24.1 Å². The number of fused-ring (bicyclic) bond motifs is 1. The molecule has 17 heavy (non-hydrogen) atoms. The maximum Gasteiger partial charge on any atom is 0.253 e. The topological polar surface area (TPSA) is 20.3 Å². The van der Waals surface area contributed by atoms with Gasteiger partial charge in [0.2, 0.25) is 0 Å². The molecule has 1 aromatic rings. The fourth-order valence-electron chi connectivity index (χ4n) is 2.85. The molecule has 2 rings (SSSR count).